The lowest BCUT2D eigenvalue weighted by molar-refractivity contribution is -0.116. The van der Waals surface area contributed by atoms with Crippen LogP contribution in [-0.4, -0.2) is 18.5 Å². The first-order chi connectivity index (χ1) is 11.5. The molecule has 0 aliphatic heterocycles. The van der Waals surface area contributed by atoms with Crippen molar-refractivity contribution in [1.82, 2.24) is 0 Å². The average Bonchev–Trinajstić information content (AvgIpc) is 2.94. The molecule has 0 atom stereocenters. The van der Waals surface area contributed by atoms with Crippen molar-refractivity contribution < 1.29 is 14.3 Å². The molecule has 1 aromatic carbocycles. The molecule has 0 radical (unpaired) electrons. The van der Waals surface area contributed by atoms with Gasteiger partial charge >= 0.3 is 5.97 Å². The molecule has 0 unspecified atom stereocenters. The number of hydrogen-bond donors (Lipinski definition) is 1. The van der Waals surface area contributed by atoms with Crippen molar-refractivity contribution in [2.24, 2.45) is 0 Å². The van der Waals surface area contributed by atoms with Crippen molar-refractivity contribution in [3.8, 4) is 11.1 Å². The molecule has 4 nitrogen and oxygen atoms in total. The summed E-state index contributed by atoms with van der Waals surface area (Å²) in [4.78, 5) is 24.4. The van der Waals surface area contributed by atoms with Crippen LogP contribution in [0.2, 0.25) is 0 Å². The number of anilines is 1. The number of thiophene rings is 1. The highest BCUT2D eigenvalue weighted by Crippen LogP contribution is 2.37. The number of carbonyl (C=O) groups excluding carboxylic acids is 2. The highest BCUT2D eigenvalue weighted by Gasteiger charge is 2.22. The van der Waals surface area contributed by atoms with Crippen LogP contribution < -0.4 is 5.32 Å². The lowest BCUT2D eigenvalue weighted by atomic mass is 9.99. The van der Waals surface area contributed by atoms with Gasteiger partial charge in [-0.3, -0.25) is 4.79 Å². The first-order valence-corrected chi connectivity index (χ1v) is 9.02. The van der Waals surface area contributed by atoms with Crippen molar-refractivity contribution >= 4 is 28.2 Å². The van der Waals surface area contributed by atoms with E-state index in [4.69, 9.17) is 4.74 Å². The van der Waals surface area contributed by atoms with Gasteiger partial charge in [-0.1, -0.05) is 25.1 Å². The lowest BCUT2D eigenvalue weighted by Gasteiger charge is -2.09. The minimum absolute atomic E-state index is 0.0865. The van der Waals surface area contributed by atoms with E-state index in [0.717, 1.165) is 23.1 Å². The van der Waals surface area contributed by atoms with E-state index in [1.54, 1.807) is 6.92 Å². The van der Waals surface area contributed by atoms with Crippen LogP contribution in [0, 0.1) is 13.8 Å². The second-order valence-corrected chi connectivity index (χ2v) is 6.55. The molecule has 2 rings (SSSR count). The summed E-state index contributed by atoms with van der Waals surface area (Å²) in [5.74, 6) is -0.490. The van der Waals surface area contributed by atoms with Gasteiger partial charge in [0.25, 0.3) is 0 Å². The Labute approximate surface area is 146 Å². The van der Waals surface area contributed by atoms with Crippen LogP contribution in [0.25, 0.3) is 11.1 Å². The zero-order chi connectivity index (χ0) is 17.7. The Balaban J connectivity index is 2.47. The molecular weight excluding hydrogens is 322 g/mol. The third kappa shape index (κ3) is 4.03. The minimum Gasteiger partial charge on any atom is -0.462 e. The maximum Gasteiger partial charge on any atom is 0.341 e. The van der Waals surface area contributed by atoms with E-state index < -0.39 is 5.97 Å². The first kappa shape index (κ1) is 18.2. The number of hydrogen-bond acceptors (Lipinski definition) is 4. The van der Waals surface area contributed by atoms with E-state index in [9.17, 15) is 9.59 Å². The number of rotatable bonds is 6. The van der Waals surface area contributed by atoms with Gasteiger partial charge in [-0.2, -0.15) is 0 Å². The van der Waals surface area contributed by atoms with Crippen molar-refractivity contribution in [1.29, 1.82) is 0 Å². The third-order valence-electron chi connectivity index (χ3n) is 3.82. The summed E-state index contributed by atoms with van der Waals surface area (Å²) in [5, 5.41) is 5.30. The molecule has 1 aromatic heterocycles. The van der Waals surface area contributed by atoms with Crippen molar-refractivity contribution in [3.63, 3.8) is 0 Å². The number of amides is 1. The molecule has 128 valence electrons. The van der Waals surface area contributed by atoms with Crippen LogP contribution in [0.15, 0.2) is 23.6 Å². The zero-order valence-electron chi connectivity index (χ0n) is 14.6. The Bertz CT molecular complexity index is 749. The van der Waals surface area contributed by atoms with Crippen LogP contribution in [-0.2, 0) is 9.53 Å². The molecule has 0 saturated carbocycles. The number of aryl methyl sites for hydroxylation is 2. The average molecular weight is 345 g/mol. The lowest BCUT2D eigenvalue weighted by Crippen LogP contribution is -2.14. The summed E-state index contributed by atoms with van der Waals surface area (Å²) >= 11 is 1.36. The van der Waals surface area contributed by atoms with Gasteiger partial charge in [-0.15, -0.1) is 11.3 Å². The Morgan fingerprint density at radius 1 is 1.17 bits per heavy atom. The molecule has 1 heterocycles. The highest BCUT2D eigenvalue weighted by atomic mass is 32.1. The number of benzene rings is 1. The van der Waals surface area contributed by atoms with Gasteiger partial charge in [0.1, 0.15) is 10.6 Å². The molecule has 0 spiro atoms. The smallest absolute Gasteiger partial charge is 0.341 e. The fourth-order valence-corrected chi connectivity index (χ4v) is 3.37. The van der Waals surface area contributed by atoms with Crippen LogP contribution in [0.3, 0.4) is 0 Å². The van der Waals surface area contributed by atoms with Gasteiger partial charge in [0.15, 0.2) is 0 Å². The summed E-state index contributed by atoms with van der Waals surface area (Å²) in [7, 11) is 0. The fraction of sp³-hybridized carbons (Fsp3) is 0.368. The molecule has 0 saturated heterocycles. The zero-order valence-corrected chi connectivity index (χ0v) is 15.4. The molecule has 0 aliphatic carbocycles. The largest absolute Gasteiger partial charge is 0.462 e. The second-order valence-electron chi connectivity index (χ2n) is 5.67. The topological polar surface area (TPSA) is 55.4 Å². The van der Waals surface area contributed by atoms with E-state index in [1.165, 1.54) is 16.9 Å². The minimum atomic E-state index is -0.404. The summed E-state index contributed by atoms with van der Waals surface area (Å²) in [6, 6.07) is 6.08. The Morgan fingerprint density at radius 2 is 1.92 bits per heavy atom. The van der Waals surface area contributed by atoms with Gasteiger partial charge < -0.3 is 10.1 Å². The van der Waals surface area contributed by atoms with E-state index in [2.05, 4.69) is 18.3 Å². The van der Waals surface area contributed by atoms with E-state index in [-0.39, 0.29) is 5.91 Å². The van der Waals surface area contributed by atoms with Crippen molar-refractivity contribution in [2.45, 2.75) is 40.5 Å². The SMILES string of the molecule is CCCC(=O)Nc1scc(-c2ccc(C)c(C)c2)c1C(=O)OCC. The van der Waals surface area contributed by atoms with Crippen LogP contribution in [0.5, 0.6) is 0 Å². The molecule has 1 amide bonds. The number of ether oxygens (including phenoxy) is 1. The molecule has 0 aliphatic rings. The third-order valence-corrected chi connectivity index (χ3v) is 4.71. The predicted octanol–water partition coefficient (Wildman–Crippen LogP) is 4.95. The summed E-state index contributed by atoms with van der Waals surface area (Å²) in [6.07, 6.45) is 1.19. The van der Waals surface area contributed by atoms with Crippen LogP contribution in [0.1, 0.15) is 48.2 Å². The number of nitrogens with one attached hydrogen (secondary N) is 1. The van der Waals surface area contributed by atoms with E-state index in [1.807, 2.05) is 31.4 Å². The maximum atomic E-state index is 12.4. The first-order valence-electron chi connectivity index (χ1n) is 8.14. The molecule has 2 aromatic rings. The van der Waals surface area contributed by atoms with Crippen LogP contribution >= 0.6 is 11.3 Å². The normalized spacial score (nSPS) is 10.5. The van der Waals surface area contributed by atoms with Crippen molar-refractivity contribution in [3.05, 3.63) is 40.3 Å². The van der Waals surface area contributed by atoms with E-state index >= 15 is 0 Å². The monoisotopic (exact) mass is 345 g/mol. The van der Waals surface area contributed by atoms with Gasteiger partial charge in [0.05, 0.1) is 6.61 Å². The summed E-state index contributed by atoms with van der Waals surface area (Å²) in [5.41, 5.74) is 4.55. The second kappa shape index (κ2) is 8.11. The Hall–Kier alpha value is -2.14. The van der Waals surface area contributed by atoms with Gasteiger partial charge in [-0.25, -0.2) is 4.79 Å². The maximum absolute atomic E-state index is 12.4. The molecular formula is C19H23NO3S. The Kier molecular flexibility index (Phi) is 6.15. The molecule has 0 fully saturated rings. The van der Waals surface area contributed by atoms with Crippen LogP contribution in [0.4, 0.5) is 5.00 Å². The van der Waals surface area contributed by atoms with E-state index in [0.29, 0.717) is 23.6 Å². The van der Waals surface area contributed by atoms with Gasteiger partial charge in [-0.05, 0) is 43.9 Å². The fourth-order valence-electron chi connectivity index (χ4n) is 2.39. The number of carbonyl (C=O) groups is 2. The number of esters is 1. The predicted molar refractivity (Wildman–Crippen MR) is 98.7 cm³/mol. The van der Waals surface area contributed by atoms with Crippen molar-refractivity contribution in [2.75, 3.05) is 11.9 Å². The molecule has 24 heavy (non-hydrogen) atoms. The van der Waals surface area contributed by atoms with Gasteiger partial charge in [0, 0.05) is 17.4 Å². The highest BCUT2D eigenvalue weighted by molar-refractivity contribution is 7.15. The molecule has 1 N–H and O–H groups in total. The quantitative estimate of drug-likeness (QED) is 0.754. The van der Waals surface area contributed by atoms with Gasteiger partial charge in [0.2, 0.25) is 5.91 Å². The standard InChI is InChI=1S/C19H23NO3S/c1-5-7-16(21)20-18-17(19(22)23-6-2)15(11-24-18)14-9-8-12(3)13(4)10-14/h8-11H,5-7H2,1-4H3,(H,20,21). The summed E-state index contributed by atoms with van der Waals surface area (Å²) < 4.78 is 5.20. The molecule has 5 heteroatoms. The molecule has 0 bridgehead atoms. The Morgan fingerprint density at radius 3 is 2.54 bits per heavy atom. The summed E-state index contributed by atoms with van der Waals surface area (Å²) in [6.45, 7) is 8.11.